The number of β-amino-alcohol motifs (C(OH)–C–C–N with tert-alkyl or cyclic N) is 1. The second-order valence-corrected chi connectivity index (χ2v) is 8.09. The summed E-state index contributed by atoms with van der Waals surface area (Å²) >= 11 is 0. The maximum Gasteiger partial charge on any atom is 0.269 e. The zero-order valence-corrected chi connectivity index (χ0v) is 16.3. The highest BCUT2D eigenvalue weighted by Gasteiger charge is 2.71. The van der Waals surface area contributed by atoms with Gasteiger partial charge in [0.25, 0.3) is 11.8 Å². The van der Waals surface area contributed by atoms with E-state index in [0.717, 1.165) is 5.56 Å². The first-order valence-corrected chi connectivity index (χ1v) is 10.0. The maximum atomic E-state index is 12.9. The van der Waals surface area contributed by atoms with Crippen LogP contribution >= 0.6 is 0 Å². The van der Waals surface area contributed by atoms with Crippen LogP contribution in [0.3, 0.4) is 0 Å². The number of carbonyl (C=O) groups is 2. The third kappa shape index (κ3) is 2.91. The second kappa shape index (κ2) is 7.14. The van der Waals surface area contributed by atoms with Crippen LogP contribution < -0.4 is 5.32 Å². The molecule has 4 atom stereocenters. The maximum absolute atomic E-state index is 12.9. The summed E-state index contributed by atoms with van der Waals surface area (Å²) in [5.41, 5.74) is 1.64. The normalized spacial score (nSPS) is 27.4. The van der Waals surface area contributed by atoms with Crippen LogP contribution in [0, 0.1) is 11.3 Å². The molecule has 154 valence electrons. The van der Waals surface area contributed by atoms with E-state index < -0.39 is 11.5 Å². The number of aromatic nitrogens is 3. The number of amides is 2. The smallest absolute Gasteiger partial charge is 0.269 e. The molecule has 1 aliphatic carbocycles. The van der Waals surface area contributed by atoms with Crippen molar-refractivity contribution in [3.05, 3.63) is 77.9 Å². The molecule has 3 aromatic rings. The quantitative estimate of drug-likeness (QED) is 0.513. The zero-order chi connectivity index (χ0) is 20.7. The molecule has 1 saturated heterocycles. The van der Waals surface area contributed by atoms with E-state index >= 15 is 0 Å². The molecule has 30 heavy (non-hydrogen) atoms. The summed E-state index contributed by atoms with van der Waals surface area (Å²) < 4.78 is 0. The summed E-state index contributed by atoms with van der Waals surface area (Å²) in [6.45, 7) is 1.17. The van der Waals surface area contributed by atoms with E-state index in [-0.39, 0.29) is 23.7 Å². The average Bonchev–Trinajstić information content (AvgIpc) is 3.30. The van der Waals surface area contributed by atoms with Gasteiger partial charge >= 0.3 is 0 Å². The van der Waals surface area contributed by atoms with Crippen molar-refractivity contribution in [3.8, 4) is 0 Å². The predicted molar refractivity (Wildman–Crippen MR) is 109 cm³/mol. The fourth-order valence-corrected chi connectivity index (χ4v) is 5.08. The third-order valence-corrected chi connectivity index (χ3v) is 6.56. The van der Waals surface area contributed by atoms with Crippen molar-refractivity contribution in [2.75, 3.05) is 19.6 Å². The molecule has 0 bridgehead atoms. The molecule has 1 aliphatic heterocycles. The molecule has 2 fully saturated rings. The Balaban J connectivity index is 1.38. The van der Waals surface area contributed by atoms with Gasteiger partial charge in [0, 0.05) is 43.6 Å². The topological polar surface area (TPSA) is 114 Å². The fourth-order valence-electron chi connectivity index (χ4n) is 5.08. The minimum Gasteiger partial charge on any atom is -0.391 e. The van der Waals surface area contributed by atoms with Gasteiger partial charge in [-0.15, -0.1) is 0 Å². The van der Waals surface area contributed by atoms with Crippen molar-refractivity contribution in [2.45, 2.75) is 12.0 Å². The molecule has 2 aromatic heterocycles. The number of rotatable bonds is 5. The monoisotopic (exact) mass is 405 g/mol. The summed E-state index contributed by atoms with van der Waals surface area (Å²) in [6, 6.07) is 13.4. The van der Waals surface area contributed by atoms with E-state index in [9.17, 15) is 14.7 Å². The van der Waals surface area contributed by atoms with E-state index in [1.54, 1.807) is 29.4 Å². The predicted octanol–water partition coefficient (Wildman–Crippen LogP) is 1.38. The second-order valence-electron chi connectivity index (χ2n) is 8.09. The number of hydrogen-bond donors (Lipinski definition) is 4. The lowest BCUT2D eigenvalue weighted by atomic mass is 9.95. The number of nitrogens with zero attached hydrogens (tertiary/aromatic N) is 2. The number of likely N-dealkylation sites (tertiary alicyclic amines) is 1. The largest absolute Gasteiger partial charge is 0.391 e. The van der Waals surface area contributed by atoms with Gasteiger partial charge in [-0.05, 0) is 29.5 Å². The zero-order valence-electron chi connectivity index (χ0n) is 16.3. The van der Waals surface area contributed by atoms with Gasteiger partial charge in [0.1, 0.15) is 5.69 Å². The molecular weight excluding hydrogens is 382 g/mol. The van der Waals surface area contributed by atoms with Crippen LogP contribution in [0.2, 0.25) is 0 Å². The van der Waals surface area contributed by atoms with Crippen LogP contribution in [0.15, 0.2) is 61.1 Å². The number of benzene rings is 1. The molecule has 4 N–H and O–H groups in total. The molecule has 8 nitrogen and oxygen atoms in total. The summed E-state index contributed by atoms with van der Waals surface area (Å²) in [4.78, 5) is 29.9. The van der Waals surface area contributed by atoms with Crippen LogP contribution in [0.25, 0.3) is 0 Å². The first-order chi connectivity index (χ1) is 14.6. The average molecular weight is 405 g/mol. The number of aliphatic hydroxyl groups excluding tert-OH is 1. The van der Waals surface area contributed by atoms with E-state index in [0.29, 0.717) is 30.9 Å². The Morgan fingerprint density at radius 3 is 2.77 bits per heavy atom. The lowest BCUT2D eigenvalue weighted by Crippen LogP contribution is -2.31. The Labute approximate surface area is 173 Å². The minimum atomic E-state index is -0.653. The Morgan fingerprint density at radius 2 is 2.07 bits per heavy atom. The van der Waals surface area contributed by atoms with E-state index in [1.165, 1.54) is 6.20 Å². The number of aliphatic hydroxyl groups is 1. The highest BCUT2D eigenvalue weighted by molar-refractivity contribution is 5.94. The Kier molecular flexibility index (Phi) is 4.43. The number of H-pyrrole nitrogens is 2. The van der Waals surface area contributed by atoms with E-state index in [4.69, 9.17) is 0 Å². The van der Waals surface area contributed by atoms with Crippen LogP contribution in [-0.4, -0.2) is 62.7 Å². The number of hydrogen-bond acceptors (Lipinski definition) is 4. The van der Waals surface area contributed by atoms with Gasteiger partial charge in [0.05, 0.1) is 11.7 Å². The van der Waals surface area contributed by atoms with Crippen LogP contribution in [0.5, 0.6) is 0 Å². The van der Waals surface area contributed by atoms with Crippen molar-refractivity contribution >= 4 is 11.8 Å². The molecule has 1 aromatic carbocycles. The Hall–Kier alpha value is -3.39. The number of aromatic amines is 2. The Bertz CT molecular complexity index is 1030. The molecule has 3 heterocycles. The van der Waals surface area contributed by atoms with Gasteiger partial charge in [-0.3, -0.25) is 14.7 Å². The summed E-state index contributed by atoms with van der Waals surface area (Å²) in [5.74, 6) is -0.217. The van der Waals surface area contributed by atoms with Gasteiger partial charge in [0.15, 0.2) is 0 Å². The van der Waals surface area contributed by atoms with Crippen molar-refractivity contribution in [2.24, 2.45) is 11.3 Å². The highest BCUT2D eigenvalue weighted by Crippen LogP contribution is 2.68. The number of nitrogens with one attached hydrogen (secondary N) is 3. The third-order valence-electron chi connectivity index (χ3n) is 6.56. The van der Waals surface area contributed by atoms with Crippen molar-refractivity contribution in [3.63, 3.8) is 0 Å². The highest BCUT2D eigenvalue weighted by atomic mass is 16.3. The van der Waals surface area contributed by atoms with Gasteiger partial charge in [-0.2, -0.15) is 5.10 Å². The van der Waals surface area contributed by atoms with E-state index in [1.807, 2.05) is 30.3 Å². The van der Waals surface area contributed by atoms with Gasteiger partial charge < -0.3 is 20.3 Å². The molecule has 8 heteroatoms. The standard InChI is InChI=1S/C22H23N5O3/c28-18-12-27(21(30)15-6-8-23-10-15)13-22(18)16(19(22)14-4-2-1-3-5-14)11-24-20(29)17-7-9-25-26-17/h1-10,16,18-19,23,28H,11-13H2,(H,24,29)(H,25,26)/t16-,18-,19-,22-/m1/s1. The molecule has 0 radical (unpaired) electrons. The molecule has 2 amide bonds. The van der Waals surface area contributed by atoms with Gasteiger partial charge in [-0.25, -0.2) is 0 Å². The minimum absolute atomic E-state index is 0.0331. The molecule has 0 unspecified atom stereocenters. The van der Waals surface area contributed by atoms with E-state index in [2.05, 4.69) is 20.5 Å². The molecule has 5 rings (SSSR count). The summed E-state index contributed by atoms with van der Waals surface area (Å²) in [7, 11) is 0. The fraction of sp³-hybridized carbons (Fsp3) is 0.318. The number of carbonyl (C=O) groups excluding carboxylic acids is 2. The molecule has 1 spiro atoms. The van der Waals surface area contributed by atoms with Crippen molar-refractivity contribution < 1.29 is 14.7 Å². The molecule has 1 saturated carbocycles. The summed E-state index contributed by atoms with van der Waals surface area (Å²) in [6.07, 6.45) is 4.27. The lowest BCUT2D eigenvalue weighted by molar-refractivity contribution is 0.0764. The van der Waals surface area contributed by atoms with Crippen LogP contribution in [0.4, 0.5) is 0 Å². The first kappa shape index (κ1) is 18.6. The molecular formula is C22H23N5O3. The van der Waals surface area contributed by atoms with Crippen molar-refractivity contribution in [1.29, 1.82) is 0 Å². The SMILES string of the molecule is O=C(NC[C@@H]1[C@@H](c2ccccc2)[C@]12CN(C(=O)c1cc[nH]c1)C[C@H]2O)c1ccn[nH]1. The van der Waals surface area contributed by atoms with Gasteiger partial charge in [0.2, 0.25) is 0 Å². The summed E-state index contributed by atoms with van der Waals surface area (Å²) in [5, 5.41) is 20.5. The van der Waals surface area contributed by atoms with Crippen LogP contribution in [-0.2, 0) is 0 Å². The van der Waals surface area contributed by atoms with Crippen molar-refractivity contribution in [1.82, 2.24) is 25.4 Å². The Morgan fingerprint density at radius 1 is 1.23 bits per heavy atom. The first-order valence-electron chi connectivity index (χ1n) is 10.0. The molecule has 2 aliphatic rings. The van der Waals surface area contributed by atoms with Crippen LogP contribution in [0.1, 0.15) is 32.3 Å². The lowest BCUT2D eigenvalue weighted by Gasteiger charge is -2.16. The van der Waals surface area contributed by atoms with Gasteiger partial charge in [-0.1, -0.05) is 30.3 Å².